The van der Waals surface area contributed by atoms with Crippen molar-refractivity contribution in [2.45, 2.75) is 63.1 Å². The summed E-state index contributed by atoms with van der Waals surface area (Å²) in [6.45, 7) is 0.590. The lowest BCUT2D eigenvalue weighted by Gasteiger charge is -2.39. The van der Waals surface area contributed by atoms with Crippen molar-refractivity contribution in [3.05, 3.63) is 24.3 Å². The predicted molar refractivity (Wildman–Crippen MR) is 103 cm³/mol. The molecule has 3 aliphatic rings. The summed E-state index contributed by atoms with van der Waals surface area (Å²) >= 11 is 0. The Morgan fingerprint density at radius 3 is 2.37 bits per heavy atom. The number of nitrogens with zero attached hydrogens (tertiary/aromatic N) is 1. The van der Waals surface area contributed by atoms with E-state index in [9.17, 15) is 4.79 Å². The van der Waals surface area contributed by atoms with Crippen molar-refractivity contribution in [1.82, 2.24) is 4.90 Å². The number of carbonyl (C=O) groups excluding carboxylic acids is 1. The maximum atomic E-state index is 13.3. The first-order chi connectivity index (χ1) is 13.2. The number of hydrogen-bond acceptors (Lipinski definition) is 4. The second-order valence-electron chi connectivity index (χ2n) is 8.24. The predicted octanol–water partition coefficient (Wildman–Crippen LogP) is 3.66. The molecule has 1 heterocycles. The number of ether oxygens (including phenoxy) is 3. The van der Waals surface area contributed by atoms with Gasteiger partial charge in [0.25, 0.3) is 0 Å². The molecule has 1 saturated heterocycles. The largest absolute Gasteiger partial charge is 0.497 e. The Balaban J connectivity index is 1.39. The molecule has 4 rings (SSSR count). The van der Waals surface area contributed by atoms with Gasteiger partial charge < -0.3 is 19.1 Å². The van der Waals surface area contributed by atoms with Crippen LogP contribution in [0.1, 0.15) is 44.9 Å². The van der Waals surface area contributed by atoms with Crippen molar-refractivity contribution < 1.29 is 19.0 Å². The molecule has 148 valence electrons. The van der Waals surface area contributed by atoms with Crippen LogP contribution in [0.3, 0.4) is 0 Å². The van der Waals surface area contributed by atoms with Crippen molar-refractivity contribution in [3.8, 4) is 11.5 Å². The van der Waals surface area contributed by atoms with Crippen LogP contribution < -0.4 is 9.47 Å². The van der Waals surface area contributed by atoms with Crippen molar-refractivity contribution in [1.29, 1.82) is 0 Å². The van der Waals surface area contributed by atoms with Crippen LogP contribution in [0.25, 0.3) is 0 Å². The minimum atomic E-state index is 0.166. The standard InChI is InChI=1S/C22H31NO4/c1-25-18-7-4-15(5-8-18)22(24)23-17-6-3-16(13-17)21(23)14-27-20-11-9-19(26-2)10-12-20/h9-12,15-18,21H,3-8,13-14H2,1-2H3/t15?,16-,17-,18?,21-/m0/s1. The molecule has 1 amide bonds. The number of piperidine rings is 1. The molecule has 2 saturated carbocycles. The summed E-state index contributed by atoms with van der Waals surface area (Å²) in [6.07, 6.45) is 7.77. The quantitative estimate of drug-likeness (QED) is 0.764. The lowest BCUT2D eigenvalue weighted by molar-refractivity contribution is -0.142. The number of hydrogen-bond donors (Lipinski definition) is 0. The summed E-state index contributed by atoms with van der Waals surface area (Å²) in [5, 5.41) is 0. The highest BCUT2D eigenvalue weighted by Crippen LogP contribution is 2.44. The number of amides is 1. The molecule has 0 spiro atoms. The summed E-state index contributed by atoms with van der Waals surface area (Å²) in [5.41, 5.74) is 0. The highest BCUT2D eigenvalue weighted by atomic mass is 16.5. The second-order valence-corrected chi connectivity index (χ2v) is 8.24. The summed E-state index contributed by atoms with van der Waals surface area (Å²) in [5.74, 6) is 2.78. The van der Waals surface area contributed by atoms with Crippen LogP contribution in [-0.4, -0.2) is 49.8 Å². The first-order valence-corrected chi connectivity index (χ1v) is 10.3. The molecule has 1 aromatic rings. The van der Waals surface area contributed by atoms with Gasteiger partial charge in [-0.2, -0.15) is 0 Å². The SMILES string of the molecule is COc1ccc(OC[C@H]2[C@H]3CC[C@@H](C3)N2C(=O)C2CCC(OC)CC2)cc1. The molecule has 0 aromatic heterocycles. The van der Waals surface area contributed by atoms with Crippen LogP contribution in [-0.2, 0) is 9.53 Å². The van der Waals surface area contributed by atoms with E-state index in [4.69, 9.17) is 14.2 Å². The van der Waals surface area contributed by atoms with Gasteiger partial charge in [0.2, 0.25) is 5.91 Å². The minimum Gasteiger partial charge on any atom is -0.497 e. The first-order valence-electron chi connectivity index (χ1n) is 10.3. The van der Waals surface area contributed by atoms with Gasteiger partial charge in [-0.3, -0.25) is 4.79 Å². The lowest BCUT2D eigenvalue weighted by atomic mass is 9.85. The summed E-state index contributed by atoms with van der Waals surface area (Å²) < 4.78 is 16.7. The Morgan fingerprint density at radius 1 is 1.00 bits per heavy atom. The zero-order valence-electron chi connectivity index (χ0n) is 16.4. The normalized spacial score (nSPS) is 32.5. The highest BCUT2D eigenvalue weighted by Gasteiger charge is 2.49. The Labute approximate surface area is 162 Å². The van der Waals surface area contributed by atoms with E-state index in [1.165, 1.54) is 6.42 Å². The molecule has 0 unspecified atom stereocenters. The van der Waals surface area contributed by atoms with Crippen molar-refractivity contribution in [3.63, 3.8) is 0 Å². The smallest absolute Gasteiger partial charge is 0.226 e. The maximum Gasteiger partial charge on any atom is 0.226 e. The molecule has 0 N–H and O–H groups in total. The number of likely N-dealkylation sites (tertiary alicyclic amines) is 1. The average molecular weight is 373 g/mol. The molecule has 3 fully saturated rings. The van der Waals surface area contributed by atoms with Crippen LogP contribution in [0.15, 0.2) is 24.3 Å². The van der Waals surface area contributed by atoms with Crippen molar-refractivity contribution in [2.75, 3.05) is 20.8 Å². The Bertz CT molecular complexity index is 638. The van der Waals surface area contributed by atoms with Gasteiger partial charge in [-0.15, -0.1) is 0 Å². The monoisotopic (exact) mass is 373 g/mol. The first kappa shape index (κ1) is 18.6. The highest BCUT2D eigenvalue weighted by molar-refractivity contribution is 5.80. The van der Waals surface area contributed by atoms with Crippen LogP contribution in [0.4, 0.5) is 0 Å². The van der Waals surface area contributed by atoms with Gasteiger partial charge >= 0.3 is 0 Å². The summed E-state index contributed by atoms with van der Waals surface area (Å²) in [4.78, 5) is 15.5. The van der Waals surface area contributed by atoms with Gasteiger partial charge in [0.15, 0.2) is 0 Å². The van der Waals surface area contributed by atoms with E-state index in [-0.39, 0.29) is 12.0 Å². The van der Waals surface area contributed by atoms with E-state index in [1.807, 2.05) is 24.3 Å². The molecule has 5 heteroatoms. The number of benzene rings is 1. The van der Waals surface area contributed by atoms with Gasteiger partial charge in [0.05, 0.1) is 19.3 Å². The molecule has 3 atom stereocenters. The van der Waals surface area contributed by atoms with Crippen molar-refractivity contribution >= 4 is 5.91 Å². The number of carbonyl (C=O) groups is 1. The molecule has 2 bridgehead atoms. The molecular formula is C22H31NO4. The van der Waals surface area contributed by atoms with E-state index in [0.717, 1.165) is 50.0 Å². The molecule has 0 radical (unpaired) electrons. The van der Waals surface area contributed by atoms with E-state index in [1.54, 1.807) is 14.2 Å². The van der Waals surface area contributed by atoms with Gasteiger partial charge in [0, 0.05) is 19.1 Å². The Hall–Kier alpha value is -1.75. The summed E-state index contributed by atoms with van der Waals surface area (Å²) in [6, 6.07) is 8.33. The molecule has 2 aliphatic carbocycles. The average Bonchev–Trinajstić information content (AvgIpc) is 3.34. The fourth-order valence-corrected chi connectivity index (χ4v) is 5.26. The third-order valence-electron chi connectivity index (χ3n) is 6.83. The molecule has 1 aromatic carbocycles. The second kappa shape index (κ2) is 8.09. The van der Waals surface area contributed by atoms with E-state index < -0.39 is 0 Å². The number of methoxy groups -OCH3 is 2. The van der Waals surface area contributed by atoms with Crippen LogP contribution in [0, 0.1) is 11.8 Å². The number of fused-ring (bicyclic) bond motifs is 2. The fourth-order valence-electron chi connectivity index (χ4n) is 5.26. The topological polar surface area (TPSA) is 48.0 Å². The minimum absolute atomic E-state index is 0.166. The Morgan fingerprint density at radius 2 is 1.70 bits per heavy atom. The van der Waals surface area contributed by atoms with E-state index in [2.05, 4.69) is 4.90 Å². The Kier molecular flexibility index (Phi) is 5.58. The lowest BCUT2D eigenvalue weighted by Crippen LogP contribution is -2.50. The fraction of sp³-hybridized carbons (Fsp3) is 0.682. The van der Waals surface area contributed by atoms with E-state index >= 15 is 0 Å². The van der Waals surface area contributed by atoms with E-state index in [0.29, 0.717) is 30.6 Å². The zero-order valence-corrected chi connectivity index (χ0v) is 16.4. The molecule has 5 nitrogen and oxygen atoms in total. The van der Waals surface area contributed by atoms with Gasteiger partial charge in [0.1, 0.15) is 18.1 Å². The van der Waals surface area contributed by atoms with Gasteiger partial charge in [-0.05, 0) is 75.1 Å². The van der Waals surface area contributed by atoms with Crippen LogP contribution in [0.2, 0.25) is 0 Å². The zero-order chi connectivity index (χ0) is 18.8. The van der Waals surface area contributed by atoms with Crippen LogP contribution >= 0.6 is 0 Å². The third-order valence-corrected chi connectivity index (χ3v) is 6.83. The maximum absolute atomic E-state index is 13.3. The van der Waals surface area contributed by atoms with Gasteiger partial charge in [-0.25, -0.2) is 0 Å². The summed E-state index contributed by atoms with van der Waals surface area (Å²) in [7, 11) is 3.44. The molecule has 1 aliphatic heterocycles. The molecular weight excluding hydrogens is 342 g/mol. The van der Waals surface area contributed by atoms with Crippen molar-refractivity contribution in [2.24, 2.45) is 11.8 Å². The van der Waals surface area contributed by atoms with Gasteiger partial charge in [-0.1, -0.05) is 0 Å². The third kappa shape index (κ3) is 3.79. The number of rotatable bonds is 6. The molecule has 27 heavy (non-hydrogen) atoms. The van der Waals surface area contributed by atoms with Crippen LogP contribution in [0.5, 0.6) is 11.5 Å².